The lowest BCUT2D eigenvalue weighted by Gasteiger charge is -2.26. The van der Waals surface area contributed by atoms with E-state index in [1.54, 1.807) is 11.3 Å². The summed E-state index contributed by atoms with van der Waals surface area (Å²) in [6, 6.07) is 0.304. The van der Waals surface area contributed by atoms with Crippen molar-refractivity contribution >= 4 is 47.2 Å². The van der Waals surface area contributed by atoms with Crippen molar-refractivity contribution in [1.82, 2.24) is 20.5 Å². The van der Waals surface area contributed by atoms with Crippen LogP contribution in [0.2, 0.25) is 0 Å². The highest BCUT2D eigenvalue weighted by atomic mass is 127. The number of aliphatic imine (C=N–C) groups is 1. The summed E-state index contributed by atoms with van der Waals surface area (Å²) < 4.78 is 0. The average molecular weight is 548 g/mol. The molecule has 2 N–H and O–H groups in total. The molecule has 170 valence electrons. The molecule has 8 heteroatoms. The largest absolute Gasteiger partial charge is 0.357 e. The number of nitrogens with zero attached hydrogens (tertiary/aromatic N) is 3. The minimum atomic E-state index is 0. The molecule has 0 radical (unpaired) electrons. The fraction of sp³-hybridized carbons (Fsp3) is 0.773. The molecule has 3 rings (SSSR count). The number of carbonyl (C=O) groups is 1. The van der Waals surface area contributed by atoms with E-state index in [0.29, 0.717) is 11.9 Å². The number of unbranched alkanes of at least 4 members (excludes halogenated alkanes) is 1. The van der Waals surface area contributed by atoms with E-state index in [9.17, 15) is 4.79 Å². The predicted molar refractivity (Wildman–Crippen MR) is 136 cm³/mol. The topological polar surface area (TPSA) is 69.6 Å². The third kappa shape index (κ3) is 7.98. The second-order valence-electron chi connectivity index (χ2n) is 8.35. The van der Waals surface area contributed by atoms with E-state index in [-0.39, 0.29) is 29.9 Å². The maximum atomic E-state index is 12.8. The second kappa shape index (κ2) is 13.5. The van der Waals surface area contributed by atoms with Crippen molar-refractivity contribution in [1.29, 1.82) is 0 Å². The lowest BCUT2D eigenvalue weighted by atomic mass is 9.88. The van der Waals surface area contributed by atoms with Gasteiger partial charge in [0, 0.05) is 49.2 Å². The lowest BCUT2D eigenvalue weighted by Crippen LogP contribution is -2.45. The summed E-state index contributed by atoms with van der Waals surface area (Å²) in [6.45, 7) is 7.49. The van der Waals surface area contributed by atoms with E-state index < -0.39 is 0 Å². The van der Waals surface area contributed by atoms with Crippen LogP contribution in [-0.4, -0.2) is 54.0 Å². The van der Waals surface area contributed by atoms with Crippen molar-refractivity contribution in [2.24, 2.45) is 10.9 Å². The fourth-order valence-corrected chi connectivity index (χ4v) is 5.11. The molecule has 0 bridgehead atoms. The average Bonchev–Trinajstić information content (AvgIpc) is 3.37. The molecule has 6 nitrogen and oxygen atoms in total. The van der Waals surface area contributed by atoms with Crippen molar-refractivity contribution in [2.45, 2.75) is 77.7 Å². The van der Waals surface area contributed by atoms with Gasteiger partial charge in [-0.1, -0.05) is 19.3 Å². The molecule has 1 amide bonds. The van der Waals surface area contributed by atoms with Gasteiger partial charge < -0.3 is 15.5 Å². The molecular weight excluding hydrogens is 509 g/mol. The summed E-state index contributed by atoms with van der Waals surface area (Å²) in [6.07, 6.45) is 10.1. The number of amides is 1. The monoisotopic (exact) mass is 547 g/mol. The van der Waals surface area contributed by atoms with Crippen LogP contribution in [-0.2, 0) is 11.2 Å². The molecule has 1 saturated heterocycles. The fourth-order valence-electron chi connectivity index (χ4n) is 4.30. The Labute approximate surface area is 202 Å². The predicted octanol–water partition coefficient (Wildman–Crippen LogP) is 4.13. The van der Waals surface area contributed by atoms with E-state index >= 15 is 0 Å². The number of nitrogens with one attached hydrogen (secondary N) is 2. The standard InChI is InChI=1S/C22H37N5OS.HI/c1-3-23-22(24-13-8-7-11-20-25-17(2)16-29-20)26-19-12-14-27(15-19)21(28)18-9-5-4-6-10-18;/h16,18-19H,3-15H2,1-2H3,(H2,23,24,26);1H. The van der Waals surface area contributed by atoms with Crippen molar-refractivity contribution in [3.63, 3.8) is 0 Å². The maximum Gasteiger partial charge on any atom is 0.225 e. The van der Waals surface area contributed by atoms with Crippen LogP contribution < -0.4 is 10.6 Å². The Bertz CT molecular complexity index is 674. The molecule has 2 aliphatic rings. The molecule has 2 fully saturated rings. The lowest BCUT2D eigenvalue weighted by molar-refractivity contribution is -0.135. The molecule has 1 atom stereocenters. The number of aryl methyl sites for hydroxylation is 2. The summed E-state index contributed by atoms with van der Waals surface area (Å²) >= 11 is 1.75. The highest BCUT2D eigenvalue weighted by Gasteiger charge is 2.31. The Morgan fingerprint density at radius 3 is 2.77 bits per heavy atom. The number of halogens is 1. The number of hydrogen-bond donors (Lipinski definition) is 2. The molecule has 0 aromatic carbocycles. The number of aromatic nitrogens is 1. The van der Waals surface area contributed by atoms with Gasteiger partial charge in [0.25, 0.3) is 0 Å². The molecule has 1 aliphatic heterocycles. The van der Waals surface area contributed by atoms with Gasteiger partial charge in [0.05, 0.1) is 5.01 Å². The first kappa shape index (κ1) is 25.4. The zero-order valence-corrected chi connectivity index (χ0v) is 21.6. The van der Waals surface area contributed by atoms with E-state index in [1.807, 2.05) is 6.92 Å². The van der Waals surface area contributed by atoms with Gasteiger partial charge in [-0.15, -0.1) is 35.3 Å². The van der Waals surface area contributed by atoms with Gasteiger partial charge in [0.1, 0.15) is 0 Å². The summed E-state index contributed by atoms with van der Waals surface area (Å²) in [7, 11) is 0. The summed E-state index contributed by atoms with van der Waals surface area (Å²) in [4.78, 5) is 24.1. The zero-order chi connectivity index (χ0) is 20.5. The smallest absolute Gasteiger partial charge is 0.225 e. The van der Waals surface area contributed by atoms with Crippen LogP contribution in [0, 0.1) is 12.8 Å². The normalized spacial score (nSPS) is 20.1. The quantitative estimate of drug-likeness (QED) is 0.222. The first-order valence-corrected chi connectivity index (χ1v) is 12.3. The van der Waals surface area contributed by atoms with Crippen LogP contribution in [0.15, 0.2) is 10.4 Å². The van der Waals surface area contributed by atoms with Crippen LogP contribution in [0.5, 0.6) is 0 Å². The molecule has 1 unspecified atom stereocenters. The third-order valence-electron chi connectivity index (χ3n) is 5.87. The van der Waals surface area contributed by atoms with Crippen LogP contribution in [0.4, 0.5) is 0 Å². The second-order valence-corrected chi connectivity index (χ2v) is 9.29. The zero-order valence-electron chi connectivity index (χ0n) is 18.5. The number of rotatable bonds is 8. The third-order valence-corrected chi connectivity index (χ3v) is 6.90. The first-order valence-electron chi connectivity index (χ1n) is 11.4. The van der Waals surface area contributed by atoms with E-state index in [0.717, 1.165) is 76.4 Å². The summed E-state index contributed by atoms with van der Waals surface area (Å²) in [5, 5.41) is 10.2. The van der Waals surface area contributed by atoms with Gasteiger partial charge in [0.15, 0.2) is 5.96 Å². The number of hydrogen-bond acceptors (Lipinski definition) is 4. The Kier molecular flexibility index (Phi) is 11.4. The van der Waals surface area contributed by atoms with Crippen molar-refractivity contribution in [3.05, 3.63) is 16.1 Å². The number of likely N-dealkylation sites (tertiary alicyclic amines) is 1. The van der Waals surface area contributed by atoms with E-state index in [4.69, 9.17) is 4.99 Å². The molecule has 0 spiro atoms. The van der Waals surface area contributed by atoms with Gasteiger partial charge in [0.2, 0.25) is 5.91 Å². The van der Waals surface area contributed by atoms with Gasteiger partial charge in [-0.25, -0.2) is 4.98 Å². The first-order chi connectivity index (χ1) is 14.2. The van der Waals surface area contributed by atoms with Crippen molar-refractivity contribution < 1.29 is 4.79 Å². The van der Waals surface area contributed by atoms with E-state index in [1.165, 1.54) is 24.3 Å². The number of thiazole rings is 1. The Hall–Kier alpha value is -0.900. The maximum absolute atomic E-state index is 12.8. The van der Waals surface area contributed by atoms with Crippen molar-refractivity contribution in [3.8, 4) is 0 Å². The highest BCUT2D eigenvalue weighted by Crippen LogP contribution is 2.26. The summed E-state index contributed by atoms with van der Waals surface area (Å²) in [5.41, 5.74) is 1.12. The van der Waals surface area contributed by atoms with Crippen molar-refractivity contribution in [2.75, 3.05) is 26.2 Å². The molecular formula is C22H38IN5OS. The van der Waals surface area contributed by atoms with Crippen LogP contribution >= 0.6 is 35.3 Å². The van der Waals surface area contributed by atoms with Gasteiger partial charge in [-0.2, -0.15) is 0 Å². The van der Waals surface area contributed by atoms with E-state index in [2.05, 4.69) is 32.8 Å². The molecule has 1 aliphatic carbocycles. The molecule has 1 saturated carbocycles. The molecule has 30 heavy (non-hydrogen) atoms. The molecule has 1 aromatic rings. The molecule has 1 aromatic heterocycles. The SMILES string of the molecule is CCNC(=NCCCCc1nc(C)cs1)NC1CCN(C(=O)C2CCCCC2)C1.I. The Morgan fingerprint density at radius 2 is 2.07 bits per heavy atom. The number of carbonyl (C=O) groups excluding carboxylic acids is 1. The van der Waals surface area contributed by atoms with Gasteiger partial charge in [-0.05, 0) is 52.4 Å². The van der Waals surface area contributed by atoms with Gasteiger partial charge >= 0.3 is 0 Å². The molecule has 2 heterocycles. The highest BCUT2D eigenvalue weighted by molar-refractivity contribution is 14.0. The Morgan fingerprint density at radius 1 is 1.27 bits per heavy atom. The van der Waals surface area contributed by atoms with Crippen LogP contribution in [0.25, 0.3) is 0 Å². The minimum absolute atomic E-state index is 0. The van der Waals surface area contributed by atoms with Crippen LogP contribution in [0.3, 0.4) is 0 Å². The summed E-state index contributed by atoms with van der Waals surface area (Å²) in [5.74, 6) is 1.54. The minimum Gasteiger partial charge on any atom is -0.357 e. The Balaban J connectivity index is 0.00000320. The van der Waals surface area contributed by atoms with Crippen LogP contribution in [0.1, 0.15) is 69.0 Å². The van der Waals surface area contributed by atoms with Gasteiger partial charge in [-0.3, -0.25) is 9.79 Å². The number of guanidine groups is 1.